The van der Waals surface area contributed by atoms with Crippen LogP contribution < -0.4 is 0 Å². The predicted molar refractivity (Wildman–Crippen MR) is 318 cm³/mol. The average Bonchev–Trinajstić information content (AvgIpc) is 0.839. The van der Waals surface area contributed by atoms with E-state index in [4.69, 9.17) is 66.3 Å². The molecule has 512 valence electrons. The lowest BCUT2D eigenvalue weighted by Crippen LogP contribution is -2.68. The van der Waals surface area contributed by atoms with Crippen molar-refractivity contribution in [1.82, 2.24) is 0 Å². The third-order valence-electron chi connectivity index (χ3n) is 18.1. The molecule has 0 aromatic heterocycles. The van der Waals surface area contributed by atoms with E-state index in [0.717, 1.165) is 63.9 Å². The van der Waals surface area contributed by atoms with Crippen molar-refractivity contribution in [3.8, 4) is 0 Å². The van der Waals surface area contributed by atoms with Gasteiger partial charge in [-0.2, -0.15) is 0 Å². The van der Waals surface area contributed by atoms with Crippen LogP contribution >= 0.6 is 0 Å². The highest BCUT2D eigenvalue weighted by molar-refractivity contribution is 5.87. The van der Waals surface area contributed by atoms with Gasteiger partial charge in [-0.05, 0) is 78.4 Å². The lowest BCUT2D eigenvalue weighted by atomic mass is 9.95. The number of carbonyl (C=O) groups is 4. The maximum atomic E-state index is 14.3. The molecule has 90 heavy (non-hydrogen) atoms. The van der Waals surface area contributed by atoms with E-state index in [9.17, 15) is 54.9 Å². The second-order valence-electron chi connectivity index (χ2n) is 25.2. The van der Waals surface area contributed by atoms with E-state index >= 15 is 0 Å². The van der Waals surface area contributed by atoms with Gasteiger partial charge in [0.2, 0.25) is 0 Å². The van der Waals surface area contributed by atoms with Crippen LogP contribution in [-0.4, -0.2) is 219 Å². The molecule has 0 aliphatic carbocycles. The number of ether oxygens (including phenoxy) is 14. The summed E-state index contributed by atoms with van der Waals surface area (Å²) in [4.78, 5) is 55.2. The molecule has 6 aliphatic heterocycles. The summed E-state index contributed by atoms with van der Waals surface area (Å²) in [5, 5.41) is 81.4. The van der Waals surface area contributed by atoms with Crippen LogP contribution in [0.5, 0.6) is 0 Å². The van der Waals surface area contributed by atoms with Crippen molar-refractivity contribution in [2.75, 3.05) is 0 Å². The molecule has 7 rings (SSSR count). The van der Waals surface area contributed by atoms with E-state index in [1.807, 2.05) is 0 Å². The summed E-state index contributed by atoms with van der Waals surface area (Å²) in [5.41, 5.74) is 0.661. The monoisotopic (exact) mass is 1280 g/mol. The molecule has 28 atom stereocenters. The zero-order valence-electron chi connectivity index (χ0n) is 53.8. The maximum Gasteiger partial charge on any atom is 0.331 e. The van der Waals surface area contributed by atoms with E-state index < -0.39 is 189 Å². The molecule has 0 amide bonds. The van der Waals surface area contributed by atoms with Crippen LogP contribution in [0.2, 0.25) is 0 Å². The van der Waals surface area contributed by atoms with E-state index in [-0.39, 0.29) is 18.9 Å². The quantitative estimate of drug-likeness (QED) is 0.0426. The van der Waals surface area contributed by atoms with Gasteiger partial charge in [-0.3, -0.25) is 14.4 Å². The van der Waals surface area contributed by atoms with E-state index in [0.29, 0.717) is 31.2 Å². The van der Waals surface area contributed by atoms with Crippen LogP contribution in [0.4, 0.5) is 0 Å². The van der Waals surface area contributed by atoms with Gasteiger partial charge in [-0.1, -0.05) is 123 Å². The van der Waals surface area contributed by atoms with Crippen LogP contribution in [0.25, 0.3) is 6.08 Å². The van der Waals surface area contributed by atoms with Crippen LogP contribution in [0.15, 0.2) is 36.4 Å². The van der Waals surface area contributed by atoms with Crippen molar-refractivity contribution in [1.29, 1.82) is 0 Å². The lowest BCUT2D eigenvalue weighted by molar-refractivity contribution is -0.399. The number of aliphatic hydroxyl groups is 7. The minimum absolute atomic E-state index is 0.0408. The Hall–Kier alpha value is -3.84. The van der Waals surface area contributed by atoms with Crippen molar-refractivity contribution >= 4 is 30.0 Å². The molecular formula is C65H102O25. The lowest BCUT2D eigenvalue weighted by Gasteiger charge is -2.51. The molecule has 6 saturated heterocycles. The molecule has 6 fully saturated rings. The molecular weight excluding hydrogens is 1180 g/mol. The topological polar surface area (TPSA) is 339 Å². The first-order valence-electron chi connectivity index (χ1n) is 32.8. The minimum atomic E-state index is -1.95. The highest BCUT2D eigenvalue weighted by Gasteiger charge is 2.59. The molecule has 0 spiro atoms. The number of hydrogen-bond acceptors (Lipinski definition) is 25. The molecule has 6 heterocycles. The second kappa shape index (κ2) is 35.1. The van der Waals surface area contributed by atoms with Gasteiger partial charge >= 0.3 is 23.9 Å². The molecule has 0 bridgehead atoms. The van der Waals surface area contributed by atoms with Crippen LogP contribution in [0, 0.1) is 11.8 Å². The summed E-state index contributed by atoms with van der Waals surface area (Å²) < 4.78 is 88.9. The largest absolute Gasteiger partial charge is 0.455 e. The first-order valence-corrected chi connectivity index (χ1v) is 32.8. The van der Waals surface area contributed by atoms with Crippen molar-refractivity contribution in [3.63, 3.8) is 0 Å². The normalized spacial score (nSPS) is 41.0. The Bertz CT molecular complexity index is 2380. The number of unbranched alkanes of at least 4 members (excludes halogenated alkanes) is 2. The van der Waals surface area contributed by atoms with E-state index in [1.165, 1.54) is 33.8 Å². The Morgan fingerprint density at radius 1 is 0.511 bits per heavy atom. The standard InChI is InChI=1S/C65H102O25/c1-11-14-21-28-41-29-24-18-16-15-17-19-25-30-42(66)84-56-49(73)51(37(8)80-64(56)89-55-47(71)45(69)36(7)78-63(55)82-41)87-65-58(86-60(76)34(5)13-3)57(90-61-48(72)46(70)44(68)35(6)77-61)53(39(10)81-65)88-62-50(74)54(52(38(9)79-62)85-59(75)33(4)12-2)83-43(67)32-31-40-26-22-20-23-27-40/h20,22-23,26-27,31-39,41,44-58,61-65,68-74H,11-19,21,24-25,28-30H2,1-10H3/b32-31+/t33?,34?,35-,36+,37-,38-,39-,41-,44-,45-,46+,47-,48+,49+,50+,51-,52-,53-,54-,55+,56+,57+,58+,61-,62-,63-,64-,65-/m0/s1. The number of esters is 4. The SMILES string of the molecule is CCCCC[C@H]1CCCCCCCCCC(=O)O[C@H]2[C@H](O[C@H]3[C@H](O1)O[C@H](C)[C@H](O)[C@@H]3O)O[C@@H](C)[C@H](O[C@@H]1O[C@@H](C)[C@H](O[C@@H]3O[C@@H](C)[C@H](OC(=O)C(C)CC)[C@@H](OC(=O)/C=C/c4ccccc4)[C@H]3O)[C@@H](O[C@@H]3O[C@@H](C)[C@H](O)[C@@H](O)[C@H]3O)[C@H]1OC(=O)C(C)CC)[C@H]2O. The van der Waals surface area contributed by atoms with Crippen molar-refractivity contribution in [2.45, 2.75) is 325 Å². The molecule has 25 heteroatoms. The number of aliphatic hydroxyl groups excluding tert-OH is 7. The van der Waals surface area contributed by atoms with E-state index in [1.54, 1.807) is 65.0 Å². The molecule has 25 nitrogen and oxygen atoms in total. The Morgan fingerprint density at radius 2 is 1.04 bits per heavy atom. The van der Waals surface area contributed by atoms with Gasteiger partial charge in [0.05, 0.1) is 48.5 Å². The molecule has 0 radical (unpaired) electrons. The van der Waals surface area contributed by atoms with Gasteiger partial charge in [0, 0.05) is 12.5 Å². The first-order chi connectivity index (χ1) is 43.0. The molecule has 0 saturated carbocycles. The summed E-state index contributed by atoms with van der Waals surface area (Å²) >= 11 is 0. The fourth-order valence-corrected chi connectivity index (χ4v) is 11.9. The van der Waals surface area contributed by atoms with E-state index in [2.05, 4.69) is 6.92 Å². The minimum Gasteiger partial charge on any atom is -0.455 e. The van der Waals surface area contributed by atoms with Gasteiger partial charge in [0.1, 0.15) is 67.1 Å². The maximum absolute atomic E-state index is 14.3. The third kappa shape index (κ3) is 19.2. The van der Waals surface area contributed by atoms with Crippen molar-refractivity contribution < 1.29 is 121 Å². The summed E-state index contributed by atoms with van der Waals surface area (Å²) in [6.07, 6.45) is -25.8. The van der Waals surface area contributed by atoms with Crippen molar-refractivity contribution in [2.24, 2.45) is 11.8 Å². The number of hydrogen-bond donors (Lipinski definition) is 7. The number of rotatable bonds is 19. The van der Waals surface area contributed by atoms with Crippen LogP contribution in [-0.2, 0) is 85.5 Å². The first kappa shape index (κ1) is 73.6. The number of fused-ring (bicyclic) bond motifs is 2. The second-order valence-corrected chi connectivity index (χ2v) is 25.2. The molecule has 6 aliphatic rings. The fourth-order valence-electron chi connectivity index (χ4n) is 11.9. The number of benzene rings is 1. The Labute approximate surface area is 528 Å². The number of carbonyl (C=O) groups excluding carboxylic acids is 4. The summed E-state index contributed by atoms with van der Waals surface area (Å²) in [5.74, 6) is -4.47. The highest BCUT2D eigenvalue weighted by Crippen LogP contribution is 2.40. The average molecular weight is 1280 g/mol. The zero-order valence-corrected chi connectivity index (χ0v) is 53.8. The molecule has 2 unspecified atom stereocenters. The molecule has 1 aromatic carbocycles. The molecule has 7 N–H and O–H groups in total. The van der Waals surface area contributed by atoms with Gasteiger partial charge in [0.15, 0.2) is 55.9 Å². The van der Waals surface area contributed by atoms with Gasteiger partial charge < -0.3 is 102 Å². The highest BCUT2D eigenvalue weighted by atomic mass is 16.8. The Morgan fingerprint density at radius 3 is 1.71 bits per heavy atom. The van der Waals surface area contributed by atoms with Gasteiger partial charge in [-0.25, -0.2) is 4.79 Å². The van der Waals surface area contributed by atoms with Crippen LogP contribution in [0.3, 0.4) is 0 Å². The van der Waals surface area contributed by atoms with Crippen molar-refractivity contribution in [3.05, 3.63) is 42.0 Å². The van der Waals surface area contributed by atoms with Gasteiger partial charge in [-0.15, -0.1) is 0 Å². The molecule has 1 aromatic rings. The Balaban J connectivity index is 1.24. The smallest absolute Gasteiger partial charge is 0.331 e. The summed E-state index contributed by atoms with van der Waals surface area (Å²) in [6.45, 7) is 16.4. The van der Waals surface area contributed by atoms with Gasteiger partial charge in [0.25, 0.3) is 0 Å². The summed E-state index contributed by atoms with van der Waals surface area (Å²) in [6, 6.07) is 8.86. The third-order valence-corrected chi connectivity index (χ3v) is 18.1. The predicted octanol–water partition coefficient (Wildman–Crippen LogP) is 4.72. The zero-order chi connectivity index (χ0) is 65.5. The fraction of sp³-hybridized carbons (Fsp3) is 0.815. The Kier molecular flexibility index (Phi) is 28.7. The van der Waals surface area contributed by atoms with Crippen LogP contribution in [0.1, 0.15) is 171 Å². The summed E-state index contributed by atoms with van der Waals surface area (Å²) in [7, 11) is 0.